The van der Waals surface area contributed by atoms with Gasteiger partial charge in [0.25, 0.3) is 17.4 Å². The molecule has 5 rings (SSSR count). The third-order valence-electron chi connectivity index (χ3n) is 5.90. The minimum absolute atomic E-state index is 0.0261. The molecule has 11 heteroatoms. The van der Waals surface area contributed by atoms with Crippen LogP contribution in [0.3, 0.4) is 0 Å². The van der Waals surface area contributed by atoms with Crippen molar-refractivity contribution in [3.8, 4) is 11.6 Å². The van der Waals surface area contributed by atoms with Gasteiger partial charge in [0.2, 0.25) is 5.88 Å². The Hall–Kier alpha value is -4.15. The summed E-state index contributed by atoms with van der Waals surface area (Å²) in [4.78, 5) is 44.5. The first kappa shape index (κ1) is 22.6. The molecule has 1 aliphatic heterocycles. The zero-order chi connectivity index (χ0) is 24.7. The molecule has 3 aromatic heterocycles. The molecule has 0 saturated heterocycles. The van der Waals surface area contributed by atoms with E-state index >= 15 is 0 Å². The average molecular weight is 479 g/mol. The Morgan fingerprint density at radius 1 is 1.31 bits per heavy atom. The van der Waals surface area contributed by atoms with Crippen molar-refractivity contribution in [2.24, 2.45) is 5.92 Å². The molecule has 35 heavy (non-hydrogen) atoms. The van der Waals surface area contributed by atoms with Crippen molar-refractivity contribution < 1.29 is 19.4 Å². The fourth-order valence-electron chi connectivity index (χ4n) is 4.10. The molecule has 4 heterocycles. The number of ether oxygens (including phenoxy) is 1. The van der Waals surface area contributed by atoms with Gasteiger partial charge in [-0.25, -0.2) is 0 Å². The highest BCUT2D eigenvalue weighted by Crippen LogP contribution is 2.30. The fourth-order valence-corrected chi connectivity index (χ4v) is 4.10. The third kappa shape index (κ3) is 4.25. The molecule has 0 atom stereocenters. The molecule has 2 amide bonds. The van der Waals surface area contributed by atoms with E-state index in [1.54, 1.807) is 29.4 Å². The standard InChI is InChI=1S/C24H26N6O5/c1-14(2)13-29-22-15(3-6-19(31)28-9-10-35-18-7-8-25-12-17(18)28)11-26-30(22)24(34)20(23(29)33)21(32)27-16-4-5-16/h3,6-8,11-12,14,16,33H,4-5,9-10,13H2,1-2H3,(H,27,32)/b6-3+. The van der Waals surface area contributed by atoms with E-state index in [1.807, 2.05) is 13.8 Å². The summed E-state index contributed by atoms with van der Waals surface area (Å²) < 4.78 is 8.18. The maximum Gasteiger partial charge on any atom is 0.291 e. The maximum atomic E-state index is 13.1. The number of hydrogen-bond donors (Lipinski definition) is 2. The minimum Gasteiger partial charge on any atom is -0.494 e. The molecule has 0 unspecified atom stereocenters. The summed E-state index contributed by atoms with van der Waals surface area (Å²) in [5.41, 5.74) is 0.290. The topological polar surface area (TPSA) is 131 Å². The SMILES string of the molecule is CC(C)Cn1c(O)c(C(=O)NC2CC2)c(=O)n2ncc(/C=C/C(=O)N3CCOc4ccncc43)c12. The molecule has 11 nitrogen and oxygen atoms in total. The lowest BCUT2D eigenvalue weighted by atomic mass is 10.2. The summed E-state index contributed by atoms with van der Waals surface area (Å²) in [6.45, 7) is 4.98. The van der Waals surface area contributed by atoms with Crippen LogP contribution in [-0.4, -0.2) is 55.3 Å². The predicted molar refractivity (Wildman–Crippen MR) is 128 cm³/mol. The summed E-state index contributed by atoms with van der Waals surface area (Å²) in [6, 6.07) is 1.73. The van der Waals surface area contributed by atoms with Gasteiger partial charge in [0.15, 0.2) is 5.56 Å². The van der Waals surface area contributed by atoms with Gasteiger partial charge in [-0.2, -0.15) is 9.61 Å². The summed E-state index contributed by atoms with van der Waals surface area (Å²) in [5.74, 6) is -0.640. The maximum absolute atomic E-state index is 13.1. The summed E-state index contributed by atoms with van der Waals surface area (Å²) in [5, 5.41) is 17.9. The molecule has 0 spiro atoms. The Morgan fingerprint density at radius 2 is 2.11 bits per heavy atom. The van der Waals surface area contributed by atoms with Gasteiger partial charge in [-0.1, -0.05) is 13.8 Å². The summed E-state index contributed by atoms with van der Waals surface area (Å²) in [6.07, 6.45) is 9.24. The Kier molecular flexibility index (Phi) is 5.75. The van der Waals surface area contributed by atoms with Gasteiger partial charge < -0.3 is 20.1 Å². The van der Waals surface area contributed by atoms with Crippen molar-refractivity contribution in [1.29, 1.82) is 0 Å². The first-order valence-corrected chi connectivity index (χ1v) is 11.6. The fraction of sp³-hybridized carbons (Fsp3) is 0.375. The summed E-state index contributed by atoms with van der Waals surface area (Å²) >= 11 is 0. The van der Waals surface area contributed by atoms with E-state index in [0.29, 0.717) is 42.3 Å². The van der Waals surface area contributed by atoms with Crippen molar-refractivity contribution in [3.63, 3.8) is 0 Å². The van der Waals surface area contributed by atoms with Gasteiger partial charge in [-0.15, -0.1) is 0 Å². The van der Waals surface area contributed by atoms with Crippen molar-refractivity contribution in [3.05, 3.63) is 52.2 Å². The largest absolute Gasteiger partial charge is 0.494 e. The molecule has 0 bridgehead atoms. The number of fused-ring (bicyclic) bond motifs is 2. The van der Waals surface area contributed by atoms with Gasteiger partial charge in [-0.3, -0.25) is 23.9 Å². The number of carbonyl (C=O) groups is 2. The van der Waals surface area contributed by atoms with E-state index in [-0.39, 0.29) is 23.4 Å². The van der Waals surface area contributed by atoms with E-state index in [2.05, 4.69) is 15.4 Å². The van der Waals surface area contributed by atoms with E-state index in [4.69, 9.17) is 4.74 Å². The number of amides is 2. The van der Waals surface area contributed by atoms with Crippen LogP contribution in [0.4, 0.5) is 5.69 Å². The number of nitrogens with zero attached hydrogens (tertiary/aromatic N) is 5. The van der Waals surface area contributed by atoms with Crippen LogP contribution in [0.1, 0.15) is 42.6 Å². The first-order valence-electron chi connectivity index (χ1n) is 11.6. The van der Waals surface area contributed by atoms with E-state index in [9.17, 15) is 19.5 Å². The molecule has 2 aliphatic rings. The molecule has 1 fully saturated rings. The monoisotopic (exact) mass is 478 g/mol. The predicted octanol–water partition coefficient (Wildman–Crippen LogP) is 1.58. The van der Waals surface area contributed by atoms with Crippen LogP contribution in [0.2, 0.25) is 0 Å². The van der Waals surface area contributed by atoms with Crippen LogP contribution in [-0.2, 0) is 11.3 Å². The van der Waals surface area contributed by atoms with Crippen LogP contribution in [0, 0.1) is 5.92 Å². The smallest absolute Gasteiger partial charge is 0.291 e. The van der Waals surface area contributed by atoms with Crippen LogP contribution in [0.5, 0.6) is 11.6 Å². The van der Waals surface area contributed by atoms with Crippen molar-refractivity contribution in [2.75, 3.05) is 18.1 Å². The lowest BCUT2D eigenvalue weighted by Gasteiger charge is -2.28. The molecule has 0 radical (unpaired) electrons. The lowest BCUT2D eigenvalue weighted by molar-refractivity contribution is -0.114. The number of pyridine rings is 1. The molecule has 0 aromatic carbocycles. The number of aromatic hydroxyl groups is 1. The highest BCUT2D eigenvalue weighted by molar-refractivity contribution is 6.05. The van der Waals surface area contributed by atoms with E-state index in [0.717, 1.165) is 17.4 Å². The van der Waals surface area contributed by atoms with E-state index in [1.165, 1.54) is 16.8 Å². The van der Waals surface area contributed by atoms with E-state index < -0.39 is 17.3 Å². The normalized spacial score (nSPS) is 15.5. The zero-order valence-electron chi connectivity index (χ0n) is 19.5. The lowest BCUT2D eigenvalue weighted by Crippen LogP contribution is -2.36. The summed E-state index contributed by atoms with van der Waals surface area (Å²) in [7, 11) is 0. The second-order valence-electron chi connectivity index (χ2n) is 9.11. The van der Waals surface area contributed by atoms with Gasteiger partial charge >= 0.3 is 0 Å². The molecular formula is C24H26N6O5. The highest BCUT2D eigenvalue weighted by Gasteiger charge is 2.30. The molecule has 1 saturated carbocycles. The van der Waals surface area contributed by atoms with Crippen LogP contribution < -0.4 is 20.5 Å². The van der Waals surface area contributed by atoms with Crippen LogP contribution in [0.25, 0.3) is 11.7 Å². The second kappa shape index (κ2) is 8.90. The quantitative estimate of drug-likeness (QED) is 0.514. The van der Waals surface area contributed by atoms with Gasteiger partial charge in [-0.05, 0) is 24.8 Å². The Balaban J connectivity index is 1.54. The third-order valence-corrected chi connectivity index (χ3v) is 5.90. The minimum atomic E-state index is -0.713. The molecular weight excluding hydrogens is 452 g/mol. The van der Waals surface area contributed by atoms with Crippen molar-refractivity contribution in [1.82, 2.24) is 24.5 Å². The Bertz CT molecular complexity index is 1400. The van der Waals surface area contributed by atoms with Crippen LogP contribution in [0.15, 0.2) is 35.5 Å². The van der Waals surface area contributed by atoms with Crippen molar-refractivity contribution >= 4 is 29.2 Å². The Morgan fingerprint density at radius 3 is 2.86 bits per heavy atom. The van der Waals surface area contributed by atoms with Crippen LogP contribution >= 0.6 is 0 Å². The Labute approximate surface area is 200 Å². The number of aromatic nitrogens is 4. The second-order valence-corrected chi connectivity index (χ2v) is 9.11. The zero-order valence-corrected chi connectivity index (χ0v) is 19.5. The van der Waals surface area contributed by atoms with Crippen molar-refractivity contribution in [2.45, 2.75) is 39.3 Å². The van der Waals surface area contributed by atoms with Gasteiger partial charge in [0, 0.05) is 36.5 Å². The molecule has 2 N–H and O–H groups in total. The highest BCUT2D eigenvalue weighted by atomic mass is 16.5. The first-order chi connectivity index (χ1) is 16.8. The average Bonchev–Trinajstić information content (AvgIpc) is 3.55. The molecule has 182 valence electrons. The molecule has 1 aliphatic carbocycles. The number of carbonyl (C=O) groups excluding carboxylic acids is 2. The number of rotatable bonds is 6. The number of hydrogen-bond acceptors (Lipinski definition) is 7. The number of anilines is 1. The number of nitrogens with one attached hydrogen (secondary N) is 1. The van der Waals surface area contributed by atoms with Gasteiger partial charge in [0.1, 0.15) is 23.7 Å². The van der Waals surface area contributed by atoms with Gasteiger partial charge in [0.05, 0.1) is 18.9 Å². The molecule has 3 aromatic rings.